The Labute approximate surface area is 47.2 Å². The van der Waals surface area contributed by atoms with Gasteiger partial charge in [0.15, 0.2) is 0 Å². The van der Waals surface area contributed by atoms with Gasteiger partial charge in [0.1, 0.15) is 5.92 Å². The molecule has 3 heteroatoms. The number of amides is 1. The van der Waals surface area contributed by atoms with E-state index in [4.69, 9.17) is 0 Å². The van der Waals surface area contributed by atoms with E-state index in [1.54, 1.807) is 0 Å². The van der Waals surface area contributed by atoms with Gasteiger partial charge in [-0.2, -0.15) is 0 Å². The molecule has 0 aliphatic carbocycles. The predicted octanol–water partition coefficient (Wildman–Crippen LogP) is -0.616. The van der Waals surface area contributed by atoms with Crippen molar-refractivity contribution in [1.82, 2.24) is 0 Å². The number of nitrogens with two attached hydrogens (primary N) is 1. The summed E-state index contributed by atoms with van der Waals surface area (Å²) in [7, 11) is 0. The molecule has 0 rings (SSSR count). The molecule has 3 nitrogen and oxygen atoms in total. The minimum Gasteiger partial charge on any atom is -0.369 e. The molecule has 1 radical (unpaired) electrons. The Morgan fingerprint density at radius 2 is 2.38 bits per heavy atom. The fourth-order valence-electron chi connectivity index (χ4n) is 0.222. The lowest BCUT2D eigenvalue weighted by Gasteiger charge is -1.91. The topological polar surface area (TPSA) is 60.2 Å². The SMILES string of the molecule is C=CC([C]=O)C(N)=O. The van der Waals surface area contributed by atoms with Crippen LogP contribution < -0.4 is 5.73 Å². The third-order valence-electron chi connectivity index (χ3n) is 0.669. The zero-order valence-corrected chi connectivity index (χ0v) is 4.26. The van der Waals surface area contributed by atoms with Gasteiger partial charge >= 0.3 is 0 Å². The van der Waals surface area contributed by atoms with Crippen LogP contribution in [0.4, 0.5) is 0 Å². The van der Waals surface area contributed by atoms with E-state index >= 15 is 0 Å². The fourth-order valence-corrected chi connectivity index (χ4v) is 0.222. The summed E-state index contributed by atoms with van der Waals surface area (Å²) < 4.78 is 0. The molecule has 0 aliphatic rings. The highest BCUT2D eigenvalue weighted by Gasteiger charge is 2.08. The normalized spacial score (nSPS) is 12.0. The minimum atomic E-state index is -0.949. The molecule has 0 spiro atoms. The molecule has 2 N–H and O–H groups in total. The van der Waals surface area contributed by atoms with Crippen LogP contribution in [0, 0.1) is 5.92 Å². The molecule has 8 heavy (non-hydrogen) atoms. The van der Waals surface area contributed by atoms with Crippen LogP contribution in [0.25, 0.3) is 0 Å². The lowest BCUT2D eigenvalue weighted by atomic mass is 10.2. The summed E-state index contributed by atoms with van der Waals surface area (Å²) >= 11 is 0. The summed E-state index contributed by atoms with van der Waals surface area (Å²) in [4.78, 5) is 19.7. The van der Waals surface area contributed by atoms with Gasteiger partial charge in [0.2, 0.25) is 12.2 Å². The van der Waals surface area contributed by atoms with Crippen LogP contribution in [0.15, 0.2) is 12.7 Å². The van der Waals surface area contributed by atoms with Gasteiger partial charge in [-0.3, -0.25) is 9.59 Å². The van der Waals surface area contributed by atoms with E-state index < -0.39 is 11.8 Å². The first-order valence-electron chi connectivity index (χ1n) is 2.02. The van der Waals surface area contributed by atoms with Crippen molar-refractivity contribution in [3.05, 3.63) is 12.7 Å². The molecule has 0 aliphatic heterocycles. The third kappa shape index (κ3) is 1.55. The van der Waals surface area contributed by atoms with Gasteiger partial charge in [-0.1, -0.05) is 6.08 Å². The molecule has 0 fully saturated rings. The maximum atomic E-state index is 10.1. The van der Waals surface area contributed by atoms with Gasteiger partial charge in [-0.25, -0.2) is 0 Å². The van der Waals surface area contributed by atoms with Crippen molar-refractivity contribution in [3.8, 4) is 0 Å². The van der Waals surface area contributed by atoms with Crippen LogP contribution in [0.3, 0.4) is 0 Å². The van der Waals surface area contributed by atoms with Crippen molar-refractivity contribution >= 4 is 12.2 Å². The Morgan fingerprint density at radius 1 is 1.88 bits per heavy atom. The zero-order chi connectivity index (χ0) is 6.57. The van der Waals surface area contributed by atoms with Gasteiger partial charge in [0.25, 0.3) is 0 Å². The Kier molecular flexibility index (Phi) is 2.54. The summed E-state index contributed by atoms with van der Waals surface area (Å²) in [6, 6.07) is 0. The Bertz CT molecular complexity index is 112. The molecule has 0 bridgehead atoms. The molecular formula is C5H6NO2. The lowest BCUT2D eigenvalue weighted by Crippen LogP contribution is -2.21. The van der Waals surface area contributed by atoms with Gasteiger partial charge < -0.3 is 5.73 Å². The lowest BCUT2D eigenvalue weighted by molar-refractivity contribution is -0.118. The average Bonchev–Trinajstić information content (AvgIpc) is 1.69. The number of hydrogen-bond donors (Lipinski definition) is 1. The standard InChI is InChI=1S/C5H6NO2/c1-2-4(3-7)5(6)8/h2,4H,1H2,(H2,6,8). The molecule has 0 aromatic rings. The highest BCUT2D eigenvalue weighted by atomic mass is 16.2. The first-order chi connectivity index (χ1) is 3.72. The van der Waals surface area contributed by atoms with E-state index in [0.717, 1.165) is 6.08 Å². The average molecular weight is 112 g/mol. The van der Waals surface area contributed by atoms with Crippen molar-refractivity contribution in [2.24, 2.45) is 11.7 Å². The van der Waals surface area contributed by atoms with Crippen LogP contribution in [0.1, 0.15) is 0 Å². The molecule has 0 heterocycles. The molecule has 0 saturated carbocycles. The summed E-state index contributed by atoms with van der Waals surface area (Å²) in [5.41, 5.74) is 4.69. The highest BCUT2D eigenvalue weighted by molar-refractivity contribution is 5.92. The number of primary amides is 1. The van der Waals surface area contributed by atoms with Gasteiger partial charge in [-0.05, 0) is 0 Å². The Hall–Kier alpha value is -1.12. The van der Waals surface area contributed by atoms with E-state index in [2.05, 4.69) is 12.3 Å². The Balaban J connectivity index is 3.88. The molecule has 1 unspecified atom stereocenters. The summed E-state index contributed by atoms with van der Waals surface area (Å²) in [6.07, 6.45) is 2.56. The summed E-state index contributed by atoms with van der Waals surface area (Å²) in [5, 5.41) is 0. The first-order valence-corrected chi connectivity index (χ1v) is 2.02. The monoisotopic (exact) mass is 112 g/mol. The maximum Gasteiger partial charge on any atom is 0.232 e. The molecular weight excluding hydrogens is 106 g/mol. The number of rotatable bonds is 3. The fraction of sp³-hybridized carbons (Fsp3) is 0.200. The second-order valence-electron chi connectivity index (χ2n) is 1.23. The van der Waals surface area contributed by atoms with Gasteiger partial charge in [-0.15, -0.1) is 6.58 Å². The van der Waals surface area contributed by atoms with Crippen LogP contribution in [0.2, 0.25) is 0 Å². The number of carbonyl (C=O) groups is 1. The van der Waals surface area contributed by atoms with Crippen molar-refractivity contribution in [1.29, 1.82) is 0 Å². The van der Waals surface area contributed by atoms with E-state index in [1.807, 2.05) is 0 Å². The molecule has 0 saturated heterocycles. The quantitative estimate of drug-likeness (QED) is 0.391. The largest absolute Gasteiger partial charge is 0.369 e. The first kappa shape index (κ1) is 6.88. The van der Waals surface area contributed by atoms with E-state index in [9.17, 15) is 9.59 Å². The molecule has 0 aromatic carbocycles. The smallest absolute Gasteiger partial charge is 0.232 e. The van der Waals surface area contributed by atoms with E-state index in [1.165, 1.54) is 6.29 Å². The van der Waals surface area contributed by atoms with Crippen molar-refractivity contribution in [3.63, 3.8) is 0 Å². The van der Waals surface area contributed by atoms with E-state index in [-0.39, 0.29) is 0 Å². The molecule has 0 aromatic heterocycles. The second kappa shape index (κ2) is 2.96. The van der Waals surface area contributed by atoms with Gasteiger partial charge in [0, 0.05) is 0 Å². The van der Waals surface area contributed by atoms with E-state index in [0.29, 0.717) is 0 Å². The minimum absolute atomic E-state index is 0.713. The second-order valence-corrected chi connectivity index (χ2v) is 1.23. The third-order valence-corrected chi connectivity index (χ3v) is 0.669. The van der Waals surface area contributed by atoms with Crippen LogP contribution in [-0.4, -0.2) is 12.2 Å². The Morgan fingerprint density at radius 3 is 2.38 bits per heavy atom. The van der Waals surface area contributed by atoms with Crippen molar-refractivity contribution in [2.75, 3.05) is 0 Å². The van der Waals surface area contributed by atoms with Crippen molar-refractivity contribution in [2.45, 2.75) is 0 Å². The van der Waals surface area contributed by atoms with Gasteiger partial charge in [0.05, 0.1) is 0 Å². The van der Waals surface area contributed by atoms with Crippen molar-refractivity contribution < 1.29 is 9.59 Å². The summed E-state index contributed by atoms with van der Waals surface area (Å²) in [5.74, 6) is -1.66. The zero-order valence-electron chi connectivity index (χ0n) is 4.26. The highest BCUT2D eigenvalue weighted by Crippen LogP contribution is 1.87. The molecule has 43 valence electrons. The summed E-state index contributed by atoms with van der Waals surface area (Å²) in [6.45, 7) is 3.19. The van der Waals surface area contributed by atoms with Crippen LogP contribution in [-0.2, 0) is 9.59 Å². The molecule has 1 atom stereocenters. The van der Waals surface area contributed by atoms with Crippen LogP contribution in [0.5, 0.6) is 0 Å². The molecule has 1 amide bonds. The predicted molar refractivity (Wildman–Crippen MR) is 28.6 cm³/mol. The number of carbonyl (C=O) groups excluding carboxylic acids is 2. The van der Waals surface area contributed by atoms with Crippen LogP contribution >= 0.6 is 0 Å². The maximum absolute atomic E-state index is 10.1. The number of hydrogen-bond acceptors (Lipinski definition) is 2.